The topological polar surface area (TPSA) is 93.6 Å². The first kappa shape index (κ1) is 12.8. The third-order valence-electron chi connectivity index (χ3n) is 2.60. The number of pyridine rings is 1. The Bertz CT molecular complexity index is 730. The van der Waals surface area contributed by atoms with E-state index in [1.165, 1.54) is 12.4 Å². The van der Waals surface area contributed by atoms with E-state index in [-0.39, 0.29) is 5.82 Å². The zero-order chi connectivity index (χ0) is 14.5. The molecule has 0 saturated heterocycles. The fraction of sp³-hybridized carbons (Fsp3) is 0. The molecule has 1 N–H and O–H groups in total. The molecular weight excluding hydrogens is 268 g/mol. The predicted molar refractivity (Wildman–Crippen MR) is 75.2 cm³/mol. The minimum Gasteiger partial charge on any atom is -0.302 e. The van der Waals surface area contributed by atoms with Crippen LogP contribution in [0.15, 0.2) is 55.0 Å². The SMILES string of the molecule is O=C(Nc1ccc(-c2ccccn2)nn1)c1ncccn1. The first-order valence-electron chi connectivity index (χ1n) is 6.16. The standard InChI is InChI=1S/C14H10N6O/c21-14(13-16-8-3-9-17-13)18-12-6-5-11(19-20-12)10-4-1-2-7-15-10/h1-9H,(H,18,20,21). The van der Waals surface area contributed by atoms with Crippen LogP contribution in [0.1, 0.15) is 10.6 Å². The molecule has 0 aromatic carbocycles. The highest BCUT2D eigenvalue weighted by molar-refractivity contribution is 6.00. The van der Waals surface area contributed by atoms with Crippen LogP contribution in [0, 0.1) is 0 Å². The summed E-state index contributed by atoms with van der Waals surface area (Å²) >= 11 is 0. The summed E-state index contributed by atoms with van der Waals surface area (Å²) in [7, 11) is 0. The molecule has 3 aromatic heterocycles. The van der Waals surface area contributed by atoms with Gasteiger partial charge in [0.25, 0.3) is 5.91 Å². The smallest absolute Gasteiger partial charge is 0.294 e. The van der Waals surface area contributed by atoms with E-state index >= 15 is 0 Å². The fourth-order valence-corrected chi connectivity index (χ4v) is 1.64. The number of nitrogens with one attached hydrogen (secondary N) is 1. The average molecular weight is 278 g/mol. The lowest BCUT2D eigenvalue weighted by molar-refractivity contribution is 0.101. The van der Waals surface area contributed by atoms with Gasteiger partial charge in [0.15, 0.2) is 5.82 Å². The molecule has 3 rings (SSSR count). The van der Waals surface area contributed by atoms with Gasteiger partial charge in [-0.05, 0) is 30.3 Å². The summed E-state index contributed by atoms with van der Waals surface area (Å²) in [4.78, 5) is 23.7. The van der Waals surface area contributed by atoms with E-state index < -0.39 is 5.91 Å². The van der Waals surface area contributed by atoms with E-state index in [4.69, 9.17) is 0 Å². The van der Waals surface area contributed by atoms with Crippen molar-refractivity contribution in [2.24, 2.45) is 0 Å². The van der Waals surface area contributed by atoms with Gasteiger partial charge in [-0.2, -0.15) is 0 Å². The molecule has 0 radical (unpaired) electrons. The van der Waals surface area contributed by atoms with Gasteiger partial charge in [-0.1, -0.05) is 6.07 Å². The van der Waals surface area contributed by atoms with Crippen molar-refractivity contribution < 1.29 is 4.79 Å². The monoisotopic (exact) mass is 278 g/mol. The molecule has 3 aromatic rings. The molecule has 102 valence electrons. The number of rotatable bonds is 3. The maximum atomic E-state index is 11.9. The van der Waals surface area contributed by atoms with Crippen molar-refractivity contribution in [2.75, 3.05) is 5.32 Å². The number of amides is 1. The second-order valence-electron chi connectivity index (χ2n) is 4.05. The molecule has 0 unspecified atom stereocenters. The van der Waals surface area contributed by atoms with Crippen molar-refractivity contribution in [3.05, 3.63) is 60.8 Å². The third kappa shape index (κ3) is 3.03. The Hall–Kier alpha value is -3.22. The zero-order valence-corrected chi connectivity index (χ0v) is 10.8. The highest BCUT2D eigenvalue weighted by atomic mass is 16.2. The number of carbonyl (C=O) groups is 1. The van der Waals surface area contributed by atoms with Gasteiger partial charge >= 0.3 is 0 Å². The third-order valence-corrected chi connectivity index (χ3v) is 2.60. The van der Waals surface area contributed by atoms with E-state index in [0.717, 1.165) is 0 Å². The van der Waals surface area contributed by atoms with Crippen LogP contribution in [0.2, 0.25) is 0 Å². The predicted octanol–water partition coefficient (Wildman–Crippen LogP) is 1.58. The maximum absolute atomic E-state index is 11.9. The second kappa shape index (κ2) is 5.83. The molecule has 0 aliphatic rings. The van der Waals surface area contributed by atoms with E-state index in [0.29, 0.717) is 17.2 Å². The highest BCUT2D eigenvalue weighted by Gasteiger charge is 2.09. The molecule has 1 amide bonds. The lowest BCUT2D eigenvalue weighted by Crippen LogP contribution is -2.16. The number of nitrogens with zero attached hydrogens (tertiary/aromatic N) is 5. The summed E-state index contributed by atoms with van der Waals surface area (Å²) in [5, 5.41) is 10.5. The zero-order valence-electron chi connectivity index (χ0n) is 10.8. The second-order valence-corrected chi connectivity index (χ2v) is 4.05. The minimum absolute atomic E-state index is 0.0769. The largest absolute Gasteiger partial charge is 0.302 e. The summed E-state index contributed by atoms with van der Waals surface area (Å²) in [5.41, 5.74) is 1.35. The Kier molecular flexibility index (Phi) is 3.55. The number of hydrogen-bond acceptors (Lipinski definition) is 6. The van der Waals surface area contributed by atoms with E-state index in [9.17, 15) is 4.79 Å². The molecule has 0 spiro atoms. The van der Waals surface area contributed by atoms with Gasteiger partial charge in [-0.15, -0.1) is 10.2 Å². The molecular formula is C14H10N6O. The first-order chi connectivity index (χ1) is 10.3. The van der Waals surface area contributed by atoms with Crippen molar-refractivity contribution in [3.8, 4) is 11.4 Å². The number of hydrogen-bond donors (Lipinski definition) is 1. The molecule has 7 nitrogen and oxygen atoms in total. The van der Waals surface area contributed by atoms with E-state index in [1.807, 2.05) is 18.2 Å². The molecule has 0 aliphatic carbocycles. The van der Waals surface area contributed by atoms with Crippen LogP contribution in [0.25, 0.3) is 11.4 Å². The van der Waals surface area contributed by atoms with Gasteiger partial charge in [0.2, 0.25) is 5.82 Å². The minimum atomic E-state index is -0.435. The Labute approximate surface area is 120 Å². The van der Waals surface area contributed by atoms with Crippen molar-refractivity contribution in [1.82, 2.24) is 25.1 Å². The van der Waals surface area contributed by atoms with Gasteiger partial charge in [0, 0.05) is 18.6 Å². The van der Waals surface area contributed by atoms with Gasteiger partial charge < -0.3 is 5.32 Å². The Balaban J connectivity index is 1.75. The summed E-state index contributed by atoms with van der Waals surface area (Å²) in [6.07, 6.45) is 4.68. The molecule has 3 heterocycles. The van der Waals surface area contributed by atoms with Crippen LogP contribution in [0.5, 0.6) is 0 Å². The van der Waals surface area contributed by atoms with Crippen molar-refractivity contribution in [1.29, 1.82) is 0 Å². The lowest BCUT2D eigenvalue weighted by Gasteiger charge is -2.03. The van der Waals surface area contributed by atoms with Crippen molar-refractivity contribution in [2.45, 2.75) is 0 Å². The van der Waals surface area contributed by atoms with Gasteiger partial charge in [0.1, 0.15) is 5.69 Å². The molecule has 0 atom stereocenters. The number of anilines is 1. The Morgan fingerprint density at radius 2 is 1.62 bits per heavy atom. The molecule has 0 fully saturated rings. The molecule has 0 saturated carbocycles. The van der Waals surface area contributed by atoms with Crippen molar-refractivity contribution in [3.63, 3.8) is 0 Å². The van der Waals surface area contributed by atoms with Crippen LogP contribution < -0.4 is 5.32 Å². The van der Waals surface area contributed by atoms with Crippen molar-refractivity contribution >= 4 is 11.7 Å². The van der Waals surface area contributed by atoms with E-state index in [1.54, 1.807) is 24.4 Å². The van der Waals surface area contributed by atoms with Crippen LogP contribution in [0.4, 0.5) is 5.82 Å². The Morgan fingerprint density at radius 1 is 0.810 bits per heavy atom. The average Bonchev–Trinajstić information content (AvgIpc) is 2.57. The molecule has 0 bridgehead atoms. The first-order valence-corrected chi connectivity index (χ1v) is 6.16. The van der Waals surface area contributed by atoms with Gasteiger partial charge in [-0.25, -0.2) is 9.97 Å². The van der Waals surface area contributed by atoms with Gasteiger partial charge in [0.05, 0.1) is 5.69 Å². The lowest BCUT2D eigenvalue weighted by atomic mass is 10.2. The summed E-state index contributed by atoms with van der Waals surface area (Å²) in [6, 6.07) is 10.5. The van der Waals surface area contributed by atoms with Gasteiger partial charge in [-0.3, -0.25) is 9.78 Å². The summed E-state index contributed by atoms with van der Waals surface area (Å²) in [5.74, 6) is -0.0317. The summed E-state index contributed by atoms with van der Waals surface area (Å²) in [6.45, 7) is 0. The van der Waals surface area contributed by atoms with Crippen LogP contribution in [-0.4, -0.2) is 31.1 Å². The quantitative estimate of drug-likeness (QED) is 0.781. The molecule has 0 aliphatic heterocycles. The molecule has 7 heteroatoms. The van der Waals surface area contributed by atoms with E-state index in [2.05, 4.69) is 30.5 Å². The number of aromatic nitrogens is 5. The number of carbonyl (C=O) groups excluding carboxylic acids is 1. The highest BCUT2D eigenvalue weighted by Crippen LogP contribution is 2.13. The maximum Gasteiger partial charge on any atom is 0.294 e. The van der Waals surface area contributed by atoms with Crippen LogP contribution in [0.3, 0.4) is 0 Å². The normalized spacial score (nSPS) is 10.1. The Morgan fingerprint density at radius 3 is 2.29 bits per heavy atom. The summed E-state index contributed by atoms with van der Waals surface area (Å²) < 4.78 is 0. The van der Waals surface area contributed by atoms with Crippen LogP contribution in [-0.2, 0) is 0 Å². The molecule has 21 heavy (non-hydrogen) atoms. The van der Waals surface area contributed by atoms with Crippen LogP contribution >= 0.6 is 0 Å². The fourth-order valence-electron chi connectivity index (χ4n) is 1.64.